The van der Waals surface area contributed by atoms with Crippen molar-refractivity contribution in [2.75, 3.05) is 6.26 Å². The largest absolute Gasteiger partial charge is 0.508 e. The lowest BCUT2D eigenvalue weighted by Crippen LogP contribution is -2.19. The highest BCUT2D eigenvalue weighted by Crippen LogP contribution is 2.45. The summed E-state index contributed by atoms with van der Waals surface area (Å²) in [4.78, 5) is 14.5. The van der Waals surface area contributed by atoms with Crippen molar-refractivity contribution in [1.82, 2.24) is 0 Å². The van der Waals surface area contributed by atoms with Gasteiger partial charge in [-0.1, -0.05) is 18.9 Å². The van der Waals surface area contributed by atoms with Crippen molar-refractivity contribution in [3.8, 4) is 5.75 Å². The Morgan fingerprint density at radius 1 is 1.32 bits per heavy atom. The van der Waals surface area contributed by atoms with Crippen LogP contribution in [0, 0.1) is 0 Å². The summed E-state index contributed by atoms with van der Waals surface area (Å²) in [7, 11) is -3.37. The minimum Gasteiger partial charge on any atom is -0.508 e. The van der Waals surface area contributed by atoms with Crippen LogP contribution in [-0.2, 0) is 20.2 Å². The van der Waals surface area contributed by atoms with Gasteiger partial charge in [0.15, 0.2) is 9.84 Å². The van der Waals surface area contributed by atoms with Gasteiger partial charge in [-0.25, -0.2) is 13.2 Å². The van der Waals surface area contributed by atoms with Gasteiger partial charge in [0.1, 0.15) is 11.3 Å². The molecule has 102 valence electrons. The Balaban J connectivity index is 2.54. The van der Waals surface area contributed by atoms with Gasteiger partial charge in [0.05, 0.1) is 4.90 Å². The number of isocyanates is 1. The van der Waals surface area contributed by atoms with Crippen LogP contribution in [-0.4, -0.2) is 25.9 Å². The highest BCUT2D eigenvalue weighted by molar-refractivity contribution is 7.90. The number of rotatable bonds is 3. The standard InChI is InChI=1S/C13H15NO4S/c1-19(17,18)10-4-5-11(12(16)8-10)13(14-9-15)6-2-3-7-13/h4-5,8,16H,2-3,6-7H2,1H3. The number of phenols is 1. The predicted octanol–water partition coefficient (Wildman–Crippen LogP) is 1.90. The molecule has 0 atom stereocenters. The van der Waals surface area contributed by atoms with Gasteiger partial charge < -0.3 is 5.11 Å². The normalized spacial score (nSPS) is 17.9. The number of hydrogen-bond donors (Lipinski definition) is 1. The fraction of sp³-hybridized carbons (Fsp3) is 0.462. The Labute approximate surface area is 111 Å². The number of hydrogen-bond acceptors (Lipinski definition) is 5. The maximum Gasteiger partial charge on any atom is 0.235 e. The number of aliphatic imine (C=N–C) groups is 1. The molecule has 6 heteroatoms. The highest BCUT2D eigenvalue weighted by atomic mass is 32.2. The second kappa shape index (κ2) is 4.79. The fourth-order valence-corrected chi connectivity index (χ4v) is 3.27. The first-order chi connectivity index (χ1) is 8.89. The summed E-state index contributed by atoms with van der Waals surface area (Å²) in [6, 6.07) is 4.19. The van der Waals surface area contributed by atoms with E-state index in [4.69, 9.17) is 0 Å². The van der Waals surface area contributed by atoms with E-state index in [0.29, 0.717) is 18.4 Å². The maximum atomic E-state index is 11.4. The monoisotopic (exact) mass is 281 g/mol. The van der Waals surface area contributed by atoms with Gasteiger partial charge in [-0.15, -0.1) is 0 Å². The van der Waals surface area contributed by atoms with Crippen molar-refractivity contribution >= 4 is 15.9 Å². The third kappa shape index (κ3) is 2.55. The van der Waals surface area contributed by atoms with E-state index in [1.807, 2.05) is 0 Å². The Morgan fingerprint density at radius 3 is 2.42 bits per heavy atom. The molecule has 0 spiro atoms. The molecule has 1 aromatic rings. The molecule has 0 bridgehead atoms. The maximum absolute atomic E-state index is 11.4. The molecule has 0 saturated heterocycles. The quantitative estimate of drug-likeness (QED) is 0.677. The molecule has 5 nitrogen and oxygen atoms in total. The molecular formula is C13H15NO4S. The summed E-state index contributed by atoms with van der Waals surface area (Å²) in [6.45, 7) is 0. The van der Waals surface area contributed by atoms with Gasteiger partial charge in [0.25, 0.3) is 0 Å². The van der Waals surface area contributed by atoms with Crippen LogP contribution in [0.4, 0.5) is 0 Å². The Hall–Kier alpha value is -1.65. The molecule has 2 rings (SSSR count). The fourth-order valence-electron chi connectivity index (χ4n) is 2.62. The Morgan fingerprint density at radius 2 is 1.95 bits per heavy atom. The van der Waals surface area contributed by atoms with Crippen LogP contribution in [0.3, 0.4) is 0 Å². The van der Waals surface area contributed by atoms with Crippen LogP contribution in [0.15, 0.2) is 28.1 Å². The molecule has 1 aliphatic carbocycles. The summed E-state index contributed by atoms with van der Waals surface area (Å²) in [5.74, 6) is -0.135. The van der Waals surface area contributed by atoms with Crippen LogP contribution in [0.1, 0.15) is 31.2 Å². The van der Waals surface area contributed by atoms with Crippen LogP contribution in [0.2, 0.25) is 0 Å². The van der Waals surface area contributed by atoms with Crippen molar-refractivity contribution in [2.24, 2.45) is 4.99 Å². The number of sulfone groups is 1. The van der Waals surface area contributed by atoms with Crippen molar-refractivity contribution in [3.05, 3.63) is 23.8 Å². The summed E-state index contributed by atoms with van der Waals surface area (Å²) in [5.41, 5.74) is -0.247. The lowest BCUT2D eigenvalue weighted by atomic mass is 9.88. The van der Waals surface area contributed by atoms with E-state index in [1.165, 1.54) is 18.2 Å². The zero-order valence-corrected chi connectivity index (χ0v) is 11.4. The lowest BCUT2D eigenvalue weighted by molar-refractivity contribution is 0.407. The van der Waals surface area contributed by atoms with Gasteiger partial charge in [-0.3, -0.25) is 0 Å². The van der Waals surface area contributed by atoms with Gasteiger partial charge in [0, 0.05) is 11.8 Å². The van der Waals surface area contributed by atoms with Gasteiger partial charge in [-0.05, 0) is 25.0 Å². The third-order valence-corrected chi connectivity index (χ3v) is 4.70. The molecule has 0 heterocycles. The first kappa shape index (κ1) is 13.8. The van der Waals surface area contributed by atoms with E-state index in [2.05, 4.69) is 4.99 Å². The van der Waals surface area contributed by atoms with Crippen molar-refractivity contribution in [1.29, 1.82) is 0 Å². The number of benzene rings is 1. The lowest BCUT2D eigenvalue weighted by Gasteiger charge is -2.24. The van der Waals surface area contributed by atoms with E-state index < -0.39 is 15.4 Å². The van der Waals surface area contributed by atoms with Gasteiger partial charge in [-0.2, -0.15) is 4.99 Å². The summed E-state index contributed by atoms with van der Waals surface area (Å²) in [6.07, 6.45) is 5.80. The predicted molar refractivity (Wildman–Crippen MR) is 69.5 cm³/mol. The molecule has 0 radical (unpaired) electrons. The van der Waals surface area contributed by atoms with Crippen molar-refractivity contribution in [3.63, 3.8) is 0 Å². The second-order valence-electron chi connectivity index (χ2n) is 4.89. The molecule has 0 aromatic heterocycles. The number of carbonyl (C=O) groups excluding carboxylic acids is 1. The molecule has 1 aliphatic rings. The average molecular weight is 281 g/mol. The third-order valence-electron chi connectivity index (χ3n) is 3.59. The highest BCUT2D eigenvalue weighted by Gasteiger charge is 2.37. The van der Waals surface area contributed by atoms with Crippen LogP contribution < -0.4 is 0 Å². The smallest absolute Gasteiger partial charge is 0.235 e. The summed E-state index contributed by atoms with van der Waals surface area (Å²) in [5, 5.41) is 10.1. The number of phenolic OH excluding ortho intramolecular Hbond substituents is 1. The molecule has 1 N–H and O–H groups in total. The number of nitrogens with zero attached hydrogens (tertiary/aromatic N) is 1. The Kier molecular flexibility index (Phi) is 3.47. The minimum atomic E-state index is -3.37. The van der Waals surface area contributed by atoms with E-state index in [0.717, 1.165) is 19.1 Å². The van der Waals surface area contributed by atoms with E-state index in [9.17, 15) is 18.3 Å². The molecule has 0 aliphatic heterocycles. The summed E-state index contributed by atoms with van der Waals surface area (Å²) < 4.78 is 22.9. The molecule has 1 fully saturated rings. The first-order valence-corrected chi connectivity index (χ1v) is 7.91. The molecule has 0 unspecified atom stereocenters. The molecule has 19 heavy (non-hydrogen) atoms. The van der Waals surface area contributed by atoms with Crippen LogP contribution in [0.25, 0.3) is 0 Å². The van der Waals surface area contributed by atoms with E-state index in [1.54, 1.807) is 6.08 Å². The topological polar surface area (TPSA) is 83.8 Å². The molecular weight excluding hydrogens is 266 g/mol. The SMILES string of the molecule is CS(=O)(=O)c1ccc(C2(N=C=O)CCCC2)c(O)c1. The summed E-state index contributed by atoms with van der Waals surface area (Å²) >= 11 is 0. The van der Waals surface area contributed by atoms with Gasteiger partial charge in [0.2, 0.25) is 6.08 Å². The zero-order valence-electron chi connectivity index (χ0n) is 10.6. The Bertz CT molecular complexity index is 639. The van der Waals surface area contributed by atoms with E-state index in [-0.39, 0.29) is 10.6 Å². The second-order valence-corrected chi connectivity index (χ2v) is 6.91. The van der Waals surface area contributed by atoms with Crippen molar-refractivity contribution < 1.29 is 18.3 Å². The molecule has 1 aromatic carbocycles. The van der Waals surface area contributed by atoms with E-state index >= 15 is 0 Å². The average Bonchev–Trinajstić information content (AvgIpc) is 2.77. The van der Waals surface area contributed by atoms with Crippen molar-refractivity contribution in [2.45, 2.75) is 36.1 Å². The first-order valence-electron chi connectivity index (χ1n) is 6.02. The molecule has 0 amide bonds. The van der Waals surface area contributed by atoms with Gasteiger partial charge >= 0.3 is 0 Å². The minimum absolute atomic E-state index is 0.0528. The number of aromatic hydroxyl groups is 1. The van der Waals surface area contributed by atoms with Crippen LogP contribution in [0.5, 0.6) is 5.75 Å². The zero-order chi connectivity index (χ0) is 14.1. The van der Waals surface area contributed by atoms with Crippen LogP contribution >= 0.6 is 0 Å². The molecule has 1 saturated carbocycles.